The van der Waals surface area contributed by atoms with Crippen molar-refractivity contribution in [1.82, 2.24) is 0 Å². The van der Waals surface area contributed by atoms with E-state index in [0.717, 1.165) is 18.2 Å². The van der Waals surface area contributed by atoms with E-state index in [9.17, 15) is 24.1 Å². The van der Waals surface area contributed by atoms with E-state index in [1.807, 2.05) is 0 Å². The van der Waals surface area contributed by atoms with Crippen molar-refractivity contribution in [2.24, 2.45) is 0 Å². The molecule has 10 heteroatoms. The second-order valence-electron chi connectivity index (χ2n) is 5.57. The molecular weight excluding hydrogens is 363 g/mol. The molecule has 140 valence electrons. The van der Waals surface area contributed by atoms with Crippen LogP contribution in [0.2, 0.25) is 0 Å². The Morgan fingerprint density at radius 1 is 1.26 bits per heavy atom. The van der Waals surface area contributed by atoms with Crippen LogP contribution in [0.25, 0.3) is 0 Å². The van der Waals surface area contributed by atoms with Gasteiger partial charge in [0.25, 0.3) is 11.6 Å². The molecular formula is C17H13FN2O7. The number of benzene rings is 2. The first-order valence-corrected chi connectivity index (χ1v) is 7.66. The SMILES string of the molecule is Cc1ccc(NC(=O)COC(=O)c2cc3c(cc2[N+](=O)[O-])OCO3)cc1F. The van der Waals surface area contributed by atoms with Crippen molar-refractivity contribution >= 4 is 23.3 Å². The fourth-order valence-electron chi connectivity index (χ4n) is 2.32. The summed E-state index contributed by atoms with van der Waals surface area (Å²) >= 11 is 0. The number of rotatable bonds is 5. The number of nitrogens with zero attached hydrogens (tertiary/aromatic N) is 1. The first-order chi connectivity index (χ1) is 12.8. The van der Waals surface area contributed by atoms with E-state index in [1.54, 1.807) is 6.92 Å². The lowest BCUT2D eigenvalue weighted by Crippen LogP contribution is -2.21. The van der Waals surface area contributed by atoms with E-state index in [1.165, 1.54) is 12.1 Å². The number of anilines is 1. The predicted octanol–water partition coefficient (Wildman–Crippen LogP) is 2.57. The van der Waals surface area contributed by atoms with Gasteiger partial charge in [0, 0.05) is 11.8 Å². The number of nitro benzene ring substituents is 1. The number of hydrogen-bond donors (Lipinski definition) is 1. The van der Waals surface area contributed by atoms with Crippen LogP contribution in [0.4, 0.5) is 15.8 Å². The molecule has 0 saturated carbocycles. The molecule has 0 aromatic heterocycles. The lowest BCUT2D eigenvalue weighted by Gasteiger charge is -2.08. The molecule has 1 aliphatic heterocycles. The number of esters is 1. The summed E-state index contributed by atoms with van der Waals surface area (Å²) < 4.78 is 28.4. The van der Waals surface area contributed by atoms with Gasteiger partial charge in [-0.05, 0) is 24.6 Å². The minimum atomic E-state index is -1.08. The Balaban J connectivity index is 1.67. The van der Waals surface area contributed by atoms with E-state index < -0.39 is 34.9 Å². The second-order valence-corrected chi connectivity index (χ2v) is 5.57. The van der Waals surface area contributed by atoms with Crippen LogP contribution in [0.5, 0.6) is 11.5 Å². The van der Waals surface area contributed by atoms with Crippen molar-refractivity contribution < 1.29 is 33.1 Å². The van der Waals surface area contributed by atoms with Crippen LogP contribution < -0.4 is 14.8 Å². The third-order valence-corrected chi connectivity index (χ3v) is 3.70. The molecule has 27 heavy (non-hydrogen) atoms. The summed E-state index contributed by atoms with van der Waals surface area (Å²) in [6.45, 7) is 0.738. The van der Waals surface area contributed by atoms with E-state index in [-0.39, 0.29) is 29.5 Å². The molecule has 0 aliphatic carbocycles. The van der Waals surface area contributed by atoms with Crippen LogP contribution in [0.3, 0.4) is 0 Å². The molecule has 3 rings (SSSR count). The van der Waals surface area contributed by atoms with Gasteiger partial charge in [-0.25, -0.2) is 9.18 Å². The zero-order valence-corrected chi connectivity index (χ0v) is 14.0. The Kier molecular flexibility index (Phi) is 4.88. The van der Waals surface area contributed by atoms with Gasteiger partial charge in [0.1, 0.15) is 11.4 Å². The smallest absolute Gasteiger partial charge is 0.345 e. The van der Waals surface area contributed by atoms with E-state index in [2.05, 4.69) is 5.32 Å². The molecule has 2 aromatic rings. The Morgan fingerprint density at radius 2 is 1.96 bits per heavy atom. The van der Waals surface area contributed by atoms with Crippen LogP contribution in [0.1, 0.15) is 15.9 Å². The first kappa shape index (κ1) is 18.1. The molecule has 0 unspecified atom stereocenters. The van der Waals surface area contributed by atoms with Gasteiger partial charge in [-0.3, -0.25) is 14.9 Å². The third-order valence-electron chi connectivity index (χ3n) is 3.70. The zero-order chi connectivity index (χ0) is 19.6. The Bertz CT molecular complexity index is 945. The van der Waals surface area contributed by atoms with Crippen molar-refractivity contribution in [2.45, 2.75) is 6.92 Å². The summed E-state index contributed by atoms with van der Waals surface area (Å²) in [6, 6.07) is 6.26. The lowest BCUT2D eigenvalue weighted by molar-refractivity contribution is -0.385. The van der Waals surface area contributed by atoms with Gasteiger partial charge in [-0.1, -0.05) is 6.07 Å². The summed E-state index contributed by atoms with van der Waals surface area (Å²) in [7, 11) is 0. The molecule has 0 saturated heterocycles. The number of carbonyl (C=O) groups excluding carboxylic acids is 2. The van der Waals surface area contributed by atoms with Gasteiger partial charge < -0.3 is 19.5 Å². The fourth-order valence-corrected chi connectivity index (χ4v) is 2.32. The monoisotopic (exact) mass is 376 g/mol. The molecule has 1 aliphatic rings. The average molecular weight is 376 g/mol. The maximum absolute atomic E-state index is 13.5. The summed E-state index contributed by atoms with van der Waals surface area (Å²) in [4.78, 5) is 34.4. The number of ether oxygens (including phenoxy) is 3. The number of aryl methyl sites for hydroxylation is 1. The van der Waals surface area contributed by atoms with Crippen molar-refractivity contribution in [3.63, 3.8) is 0 Å². The Hall–Kier alpha value is -3.69. The van der Waals surface area contributed by atoms with Gasteiger partial charge in [-0.15, -0.1) is 0 Å². The quantitative estimate of drug-likeness (QED) is 0.484. The normalized spacial score (nSPS) is 11.8. The highest BCUT2D eigenvalue weighted by molar-refractivity contribution is 5.98. The number of fused-ring (bicyclic) bond motifs is 1. The van der Waals surface area contributed by atoms with Crippen LogP contribution >= 0.6 is 0 Å². The largest absolute Gasteiger partial charge is 0.454 e. The molecule has 9 nitrogen and oxygen atoms in total. The van der Waals surface area contributed by atoms with Gasteiger partial charge in [-0.2, -0.15) is 0 Å². The highest BCUT2D eigenvalue weighted by Crippen LogP contribution is 2.38. The molecule has 2 aromatic carbocycles. The molecule has 0 spiro atoms. The summed E-state index contributed by atoms with van der Waals surface area (Å²) in [6.07, 6.45) is 0. The van der Waals surface area contributed by atoms with E-state index in [4.69, 9.17) is 14.2 Å². The standard InChI is InChI=1S/C17H13FN2O7/c1-9-2-3-10(4-12(9)18)19-16(21)7-25-17(22)11-5-14-15(27-8-26-14)6-13(11)20(23)24/h2-6H,7-8H2,1H3,(H,19,21). The molecule has 0 radical (unpaired) electrons. The number of amides is 1. The number of carbonyl (C=O) groups is 2. The molecule has 0 atom stereocenters. The van der Waals surface area contributed by atoms with Crippen LogP contribution in [0.15, 0.2) is 30.3 Å². The van der Waals surface area contributed by atoms with Crippen molar-refractivity contribution in [2.75, 3.05) is 18.7 Å². The first-order valence-electron chi connectivity index (χ1n) is 7.66. The second kappa shape index (κ2) is 7.28. The number of nitrogens with one attached hydrogen (secondary N) is 1. The summed E-state index contributed by atoms with van der Waals surface area (Å²) in [5.74, 6) is -2.01. The van der Waals surface area contributed by atoms with Gasteiger partial charge in [0.05, 0.1) is 11.0 Å². The van der Waals surface area contributed by atoms with Crippen molar-refractivity contribution in [3.8, 4) is 11.5 Å². The van der Waals surface area contributed by atoms with E-state index in [0.29, 0.717) is 5.56 Å². The number of halogens is 1. The van der Waals surface area contributed by atoms with E-state index >= 15 is 0 Å². The van der Waals surface area contributed by atoms with Gasteiger partial charge >= 0.3 is 5.97 Å². The van der Waals surface area contributed by atoms with Crippen LogP contribution in [0, 0.1) is 22.9 Å². The Morgan fingerprint density at radius 3 is 2.63 bits per heavy atom. The molecule has 1 N–H and O–H groups in total. The average Bonchev–Trinajstić information content (AvgIpc) is 3.09. The van der Waals surface area contributed by atoms with Crippen LogP contribution in [-0.4, -0.2) is 30.2 Å². The summed E-state index contributed by atoms with van der Waals surface area (Å²) in [5, 5.41) is 13.5. The molecule has 1 heterocycles. The maximum atomic E-state index is 13.5. The topological polar surface area (TPSA) is 117 Å². The minimum Gasteiger partial charge on any atom is -0.454 e. The summed E-state index contributed by atoms with van der Waals surface area (Å²) in [5.41, 5.74) is -0.313. The predicted molar refractivity (Wildman–Crippen MR) is 89.3 cm³/mol. The maximum Gasteiger partial charge on any atom is 0.345 e. The minimum absolute atomic E-state index is 0.124. The van der Waals surface area contributed by atoms with Gasteiger partial charge in [0.15, 0.2) is 18.1 Å². The highest BCUT2D eigenvalue weighted by atomic mass is 19.1. The van der Waals surface area contributed by atoms with Crippen molar-refractivity contribution in [3.05, 3.63) is 57.4 Å². The Labute approximate surface area is 151 Å². The highest BCUT2D eigenvalue weighted by Gasteiger charge is 2.28. The number of hydrogen-bond acceptors (Lipinski definition) is 7. The van der Waals surface area contributed by atoms with Crippen LogP contribution in [-0.2, 0) is 9.53 Å². The molecule has 0 bridgehead atoms. The molecule has 1 amide bonds. The van der Waals surface area contributed by atoms with Gasteiger partial charge in [0.2, 0.25) is 6.79 Å². The zero-order valence-electron chi connectivity index (χ0n) is 14.0. The third kappa shape index (κ3) is 3.94. The fraction of sp³-hybridized carbons (Fsp3) is 0.176. The molecule has 0 fully saturated rings. The lowest BCUT2D eigenvalue weighted by atomic mass is 10.1. The van der Waals surface area contributed by atoms with Crippen molar-refractivity contribution in [1.29, 1.82) is 0 Å². The number of nitro groups is 1.